The molecule has 0 bridgehead atoms. The molecule has 0 aromatic carbocycles. The minimum absolute atomic E-state index is 0. The second-order valence-corrected chi connectivity index (χ2v) is 2.30. The summed E-state index contributed by atoms with van der Waals surface area (Å²) in [5, 5.41) is 71.4. The van der Waals surface area contributed by atoms with E-state index in [9.17, 15) is 0 Å². The van der Waals surface area contributed by atoms with Crippen LogP contribution in [0.5, 0.6) is 0 Å². The number of aliphatic carboxylic acids is 8. The zero-order chi connectivity index (χ0) is 20.6. The van der Waals surface area contributed by atoms with E-state index in [2.05, 4.69) is 0 Å². The Hall–Kier alpha value is -2.15. The van der Waals surface area contributed by atoms with E-state index in [1.54, 1.807) is 0 Å². The zero-order valence-electron chi connectivity index (χ0n) is 14.4. The fourth-order valence-corrected chi connectivity index (χ4v) is 0. The smallest absolute Gasteiger partial charge is 0.873 e. The minimum Gasteiger partial charge on any atom is -0.873 e. The van der Waals surface area contributed by atoms with Crippen molar-refractivity contribution in [2.45, 2.75) is 0 Å². The third-order valence-corrected chi connectivity index (χ3v) is 0.667. The summed E-state index contributed by atoms with van der Waals surface area (Å²) in [7, 11) is 0. The molecule has 0 spiro atoms. The molecule has 31 heavy (non-hydrogen) atoms. The quantitative estimate of drug-likeness (QED) is 0.177. The Morgan fingerprint density at radius 1 is 0.323 bits per heavy atom. The van der Waals surface area contributed by atoms with Gasteiger partial charge in [-0.15, -0.1) is 0 Å². The third kappa shape index (κ3) is 97.0. The van der Waals surface area contributed by atoms with Crippen LogP contribution in [0.25, 0.3) is 0 Å². The summed E-state index contributed by atoms with van der Waals surface area (Å²) in [6, 6.07) is 0. The number of carboxylic acid groups (broad SMARTS) is 8. The van der Waals surface area contributed by atoms with Gasteiger partial charge in [-0.25, -0.2) is 0 Å². The first-order chi connectivity index (χ1) is 10.6. The van der Waals surface area contributed by atoms with Crippen molar-refractivity contribution < 1.29 is 128 Å². The van der Waals surface area contributed by atoms with Crippen molar-refractivity contribution in [2.75, 3.05) is 0 Å². The molecule has 0 aliphatic heterocycles. The van der Waals surface area contributed by atoms with Gasteiger partial charge in [0.25, 0.3) is 0 Å². The van der Waals surface area contributed by atoms with Gasteiger partial charge >= 0.3 is 70.6 Å². The van der Waals surface area contributed by atoms with Gasteiger partial charge in [-0.2, -0.15) is 0 Å². The average Bonchev–Trinajstić information content (AvgIpc) is 2.40. The Morgan fingerprint density at radius 2 is 0.355 bits per heavy atom. The van der Waals surface area contributed by atoms with Crippen molar-refractivity contribution in [2.24, 2.45) is 0 Å². The maximum absolute atomic E-state index is 8.93. The second kappa shape index (κ2) is 42.1. The third-order valence-electron chi connectivity index (χ3n) is 0.667. The van der Waals surface area contributed by atoms with Gasteiger partial charge in [-0.1, -0.05) is 0 Å². The summed E-state index contributed by atoms with van der Waals surface area (Å²) in [5.41, 5.74) is 0. The number of rotatable bonds is 0. The zero-order valence-corrected chi connectivity index (χ0v) is 20.4. The van der Waals surface area contributed by atoms with Crippen LogP contribution in [-0.4, -0.2) is 119 Å². The van der Waals surface area contributed by atoms with Crippen LogP contribution in [0.4, 0.5) is 0 Å². The first-order valence-electron chi connectivity index (χ1n) is 4.27. The summed E-state index contributed by atoms with van der Waals surface area (Å²) in [6.45, 7) is 0. The van der Waals surface area contributed by atoms with Gasteiger partial charge in [-0.3, -0.25) is 0 Å². The second-order valence-electron chi connectivity index (χ2n) is 2.30. The van der Waals surface area contributed by atoms with Crippen molar-refractivity contribution in [3.8, 4) is 0 Å². The van der Waals surface area contributed by atoms with Gasteiger partial charge < -0.3 is 107 Å². The number of carboxylic acids is 8. The normalized spacial score (nSPS) is 5.68. The summed E-state index contributed by atoms with van der Waals surface area (Å²) in [4.78, 5) is 71.4. The molecule has 21 nitrogen and oxygen atoms in total. The van der Waals surface area contributed by atoms with E-state index in [4.69, 9.17) is 79.2 Å². The molecule has 0 saturated heterocycles. The molecule has 0 aromatic heterocycles. The van der Waals surface area contributed by atoms with E-state index in [-0.39, 0.29) is 98.0 Å². The Labute approximate surface area is 223 Å². The molecule has 176 valence electrons. The predicted octanol–water partition coefficient (Wildman–Crippen LogP) is -18.9. The van der Waals surface area contributed by atoms with Crippen LogP contribution >= 0.6 is 0 Å². The number of hydrogen-bond acceptors (Lipinski definition) is 16. The SMILES string of the molecule is O.O.O.O.O=C([O-])C(=O)[O-].O=C([O-])C(=O)[O-].O=C([O-])C(=O)[O-].O=C([O-])C(=O)[O-].[Ba+2].[OH4+2].[Ti+4]. The fourth-order valence-electron chi connectivity index (χ4n) is 0. The molecule has 0 aliphatic carbocycles. The van der Waals surface area contributed by atoms with Gasteiger partial charge in [0.1, 0.15) is 0 Å². The van der Waals surface area contributed by atoms with E-state index in [0.717, 1.165) is 0 Å². The molecule has 0 fully saturated rings. The summed E-state index contributed by atoms with van der Waals surface area (Å²) in [6.07, 6.45) is 0. The summed E-state index contributed by atoms with van der Waals surface area (Å²) >= 11 is 0. The molecule has 0 rings (SSSR count). The Balaban J connectivity index is -0.0000000178. The van der Waals surface area contributed by atoms with Crippen LogP contribution < -0.4 is 40.9 Å². The first-order valence-corrected chi connectivity index (χ1v) is 4.27. The summed E-state index contributed by atoms with van der Waals surface area (Å²) < 4.78 is 0. The summed E-state index contributed by atoms with van der Waals surface area (Å²) in [5.74, 6) is -17.5. The number of carbonyl (C=O) groups is 8. The first kappa shape index (κ1) is 70.2. The van der Waals surface area contributed by atoms with Crippen LogP contribution in [-0.2, 0) is 65.6 Å². The van der Waals surface area contributed by atoms with Gasteiger partial charge in [0.15, 0.2) is 0 Å². The molecule has 0 amide bonds. The van der Waals surface area contributed by atoms with Crippen molar-refractivity contribution in [1.29, 1.82) is 0 Å². The maximum atomic E-state index is 8.93. The minimum atomic E-state index is -2.19. The molecule has 12 N–H and O–H groups in total. The molecule has 0 aliphatic rings. The molecule has 0 radical (unpaired) electrons. The molecular weight excluding hydrogens is 617 g/mol. The van der Waals surface area contributed by atoms with Gasteiger partial charge in [-0.05, 0) is 0 Å². The monoisotopic (exact) mass is 630 g/mol. The number of carbonyl (C=O) groups excluding carboxylic acids is 8. The van der Waals surface area contributed by atoms with E-state index < -0.39 is 47.8 Å². The van der Waals surface area contributed by atoms with Gasteiger partial charge in [0.2, 0.25) is 0 Å². The van der Waals surface area contributed by atoms with Crippen molar-refractivity contribution in [3.05, 3.63) is 0 Å². The molecule has 0 heterocycles. The molecule has 0 saturated carbocycles. The molecule has 0 aromatic rings. The Morgan fingerprint density at radius 3 is 0.355 bits per heavy atom. The fraction of sp³-hybridized carbons (Fsp3) is 0. The average molecular weight is 629 g/mol. The van der Waals surface area contributed by atoms with E-state index in [0.29, 0.717) is 0 Å². The van der Waals surface area contributed by atoms with E-state index in [1.807, 2.05) is 0 Å². The van der Waals surface area contributed by atoms with Crippen molar-refractivity contribution >= 4 is 96.6 Å². The molecule has 0 atom stereocenters. The van der Waals surface area contributed by atoms with Crippen LogP contribution in [0, 0.1) is 0 Å². The van der Waals surface area contributed by atoms with Crippen LogP contribution in [0.3, 0.4) is 0 Å². The van der Waals surface area contributed by atoms with E-state index in [1.165, 1.54) is 0 Å². The van der Waals surface area contributed by atoms with E-state index >= 15 is 0 Å². The van der Waals surface area contributed by atoms with Crippen molar-refractivity contribution in [1.82, 2.24) is 0 Å². The maximum Gasteiger partial charge on any atom is 4.00 e. The topological polar surface area (TPSA) is 482 Å². The van der Waals surface area contributed by atoms with Gasteiger partial charge in [0, 0.05) is 0 Å². The van der Waals surface area contributed by atoms with Crippen molar-refractivity contribution in [3.63, 3.8) is 0 Å². The molecular formula is C8H12BaO21Ti. The molecule has 0 unspecified atom stereocenters. The van der Waals surface area contributed by atoms with Crippen LogP contribution in [0.2, 0.25) is 0 Å². The van der Waals surface area contributed by atoms with Crippen LogP contribution in [0.1, 0.15) is 0 Å². The largest absolute Gasteiger partial charge is 4.00 e. The van der Waals surface area contributed by atoms with Crippen LogP contribution in [0.15, 0.2) is 0 Å². The standard InChI is InChI=1S/4C2H2O4.Ba.H4O.4H2O.Ti/c4*3-1(4)2(5)6;;;;;;;/h4*(H,3,4)(H,5,6);;1H4;4*1H2;/q;;;;2*+2;;;;;+4/p-8. The number of hydrogen-bond donors (Lipinski definition) is 0. The molecule has 23 heteroatoms. The Bertz CT molecular complexity index is 397. The Kier molecular flexibility index (Phi) is 95.3. The predicted molar refractivity (Wildman–Crippen MR) is 66.5 cm³/mol. The van der Waals surface area contributed by atoms with Gasteiger partial charge in [0.05, 0.1) is 47.8 Å².